The van der Waals surface area contributed by atoms with Crippen molar-refractivity contribution in [2.45, 2.75) is 25.8 Å². The van der Waals surface area contributed by atoms with Gasteiger partial charge in [-0.25, -0.2) is 19.3 Å². The van der Waals surface area contributed by atoms with Gasteiger partial charge in [-0.3, -0.25) is 4.79 Å². The number of nitrogen functional groups attached to an aromatic ring is 1. The molecule has 0 aliphatic carbocycles. The van der Waals surface area contributed by atoms with Crippen molar-refractivity contribution < 1.29 is 13.9 Å². The number of hydrogen-bond donors (Lipinski definition) is 2. The van der Waals surface area contributed by atoms with Gasteiger partial charge in [0.15, 0.2) is 0 Å². The second-order valence-electron chi connectivity index (χ2n) is 7.64. The van der Waals surface area contributed by atoms with Crippen molar-refractivity contribution in [1.82, 2.24) is 19.9 Å². The van der Waals surface area contributed by atoms with Crippen molar-refractivity contribution in [3.63, 3.8) is 0 Å². The van der Waals surface area contributed by atoms with E-state index in [0.29, 0.717) is 59.9 Å². The number of nitrogens with zero attached hydrogens (tertiary/aromatic N) is 4. The van der Waals surface area contributed by atoms with E-state index in [4.69, 9.17) is 16.2 Å². The highest BCUT2D eigenvalue weighted by molar-refractivity contribution is 5.98. The lowest BCUT2D eigenvalue weighted by molar-refractivity contribution is 0.0642. The van der Waals surface area contributed by atoms with E-state index in [0.717, 1.165) is 5.56 Å². The molecule has 0 bridgehead atoms. The van der Waals surface area contributed by atoms with Gasteiger partial charge >= 0.3 is 0 Å². The number of benzene rings is 1. The van der Waals surface area contributed by atoms with Gasteiger partial charge in [-0.15, -0.1) is 0 Å². The minimum Gasteiger partial charge on any atom is -0.481 e. The van der Waals surface area contributed by atoms with Crippen molar-refractivity contribution >= 4 is 11.9 Å². The summed E-state index contributed by atoms with van der Waals surface area (Å²) in [4.78, 5) is 28.1. The van der Waals surface area contributed by atoms with Gasteiger partial charge in [-0.05, 0) is 55.3 Å². The quantitative estimate of drug-likeness (QED) is 0.609. The maximum Gasteiger partial charge on any atom is 0.258 e. The summed E-state index contributed by atoms with van der Waals surface area (Å²) in [5.74, 6) is -0.0852. The molecule has 0 spiro atoms. The van der Waals surface area contributed by atoms with Crippen LogP contribution in [0.15, 0.2) is 36.5 Å². The fourth-order valence-corrected chi connectivity index (χ4v) is 4.27. The molecule has 166 valence electrons. The van der Waals surface area contributed by atoms with Gasteiger partial charge in [0.1, 0.15) is 5.82 Å². The molecule has 8 nitrogen and oxygen atoms in total. The maximum absolute atomic E-state index is 14.4. The highest BCUT2D eigenvalue weighted by atomic mass is 19.1. The Kier molecular flexibility index (Phi) is 6.00. The fourth-order valence-electron chi connectivity index (χ4n) is 4.27. The molecule has 0 saturated heterocycles. The Hall–Kier alpha value is -3.59. The predicted molar refractivity (Wildman–Crippen MR) is 119 cm³/mol. The molecule has 0 unspecified atom stereocenters. The van der Waals surface area contributed by atoms with Crippen LogP contribution in [0.2, 0.25) is 0 Å². The van der Waals surface area contributed by atoms with Crippen LogP contribution >= 0.6 is 0 Å². The van der Waals surface area contributed by atoms with E-state index in [1.54, 1.807) is 30.2 Å². The summed E-state index contributed by atoms with van der Waals surface area (Å²) in [5, 5.41) is 0. The van der Waals surface area contributed by atoms with Gasteiger partial charge in [-0.1, -0.05) is 6.07 Å². The molecule has 1 aliphatic rings. The second kappa shape index (κ2) is 8.88. The zero-order valence-electron chi connectivity index (χ0n) is 18.0. The van der Waals surface area contributed by atoms with Crippen molar-refractivity contribution in [2.75, 3.05) is 25.9 Å². The van der Waals surface area contributed by atoms with Crippen molar-refractivity contribution in [2.24, 2.45) is 5.73 Å². The van der Waals surface area contributed by atoms with E-state index >= 15 is 0 Å². The standard InChI is InChI=1S/C23H25FN6O2/c1-13-20-18(29-23(26)28-13)12-19(30(22(20)31)10-4-8-25)15-7-6-14(24)11-17(15)16-5-3-9-27-21(16)32-2/h3,5-7,9,11,19H,4,8,10,12,25H2,1-2H3,(H2,26,28,29)/t19-/m1/s1. The molecule has 0 fully saturated rings. The number of rotatable bonds is 6. The zero-order chi connectivity index (χ0) is 22.8. The summed E-state index contributed by atoms with van der Waals surface area (Å²) in [5.41, 5.74) is 15.2. The Morgan fingerprint density at radius 2 is 2.06 bits per heavy atom. The minimum absolute atomic E-state index is 0.122. The van der Waals surface area contributed by atoms with E-state index in [-0.39, 0.29) is 11.9 Å². The third-order valence-corrected chi connectivity index (χ3v) is 5.65. The molecule has 32 heavy (non-hydrogen) atoms. The van der Waals surface area contributed by atoms with Crippen LogP contribution in [0.25, 0.3) is 11.1 Å². The Morgan fingerprint density at radius 1 is 1.25 bits per heavy atom. The average Bonchev–Trinajstić information content (AvgIpc) is 2.77. The number of halogens is 1. The monoisotopic (exact) mass is 436 g/mol. The molecule has 1 amide bonds. The number of fused-ring (bicyclic) bond motifs is 1. The molecular formula is C23H25FN6O2. The first-order valence-electron chi connectivity index (χ1n) is 10.4. The second-order valence-corrected chi connectivity index (χ2v) is 7.64. The van der Waals surface area contributed by atoms with E-state index < -0.39 is 11.9 Å². The van der Waals surface area contributed by atoms with Crippen LogP contribution in [0.4, 0.5) is 10.3 Å². The van der Waals surface area contributed by atoms with E-state index in [2.05, 4.69) is 15.0 Å². The van der Waals surface area contributed by atoms with E-state index in [1.807, 2.05) is 6.07 Å². The fraction of sp³-hybridized carbons (Fsp3) is 0.304. The number of anilines is 1. The number of amides is 1. The number of carbonyl (C=O) groups is 1. The summed E-state index contributed by atoms with van der Waals surface area (Å²) >= 11 is 0. The first kappa shape index (κ1) is 21.6. The minimum atomic E-state index is -0.395. The van der Waals surface area contributed by atoms with Crippen molar-refractivity contribution in [3.05, 3.63) is 64.9 Å². The smallest absolute Gasteiger partial charge is 0.258 e. The molecule has 4 N–H and O–H groups in total. The topological polar surface area (TPSA) is 120 Å². The van der Waals surface area contributed by atoms with Gasteiger partial charge in [0, 0.05) is 24.7 Å². The highest BCUT2D eigenvalue weighted by Crippen LogP contribution is 2.40. The van der Waals surface area contributed by atoms with Gasteiger partial charge in [0.05, 0.1) is 30.1 Å². The Bertz CT molecular complexity index is 1170. The first-order valence-corrected chi connectivity index (χ1v) is 10.4. The number of methoxy groups -OCH3 is 1. The number of pyridine rings is 1. The zero-order valence-corrected chi connectivity index (χ0v) is 18.0. The third-order valence-electron chi connectivity index (χ3n) is 5.65. The molecule has 0 radical (unpaired) electrons. The molecule has 3 aromatic rings. The van der Waals surface area contributed by atoms with Crippen LogP contribution in [0.1, 0.15) is 39.8 Å². The van der Waals surface area contributed by atoms with Crippen LogP contribution in [0, 0.1) is 12.7 Å². The summed E-state index contributed by atoms with van der Waals surface area (Å²) in [6.07, 6.45) is 2.65. The largest absolute Gasteiger partial charge is 0.481 e. The van der Waals surface area contributed by atoms with Crippen LogP contribution in [-0.4, -0.2) is 46.0 Å². The molecule has 0 saturated carbocycles. The van der Waals surface area contributed by atoms with Crippen molar-refractivity contribution in [3.8, 4) is 17.0 Å². The molecule has 1 aromatic carbocycles. The molecule has 4 rings (SSSR count). The number of carbonyl (C=O) groups excluding carboxylic acids is 1. The third kappa shape index (κ3) is 3.87. The molecule has 1 aliphatic heterocycles. The molecule has 9 heteroatoms. The number of nitrogens with two attached hydrogens (primary N) is 2. The van der Waals surface area contributed by atoms with Gasteiger partial charge < -0.3 is 21.1 Å². The lowest BCUT2D eigenvalue weighted by atomic mass is 9.87. The number of ether oxygens (including phenoxy) is 1. The van der Waals surface area contributed by atoms with E-state index in [9.17, 15) is 9.18 Å². The van der Waals surface area contributed by atoms with Crippen LogP contribution < -0.4 is 16.2 Å². The van der Waals surface area contributed by atoms with Gasteiger partial charge in [0.25, 0.3) is 5.91 Å². The Morgan fingerprint density at radius 3 is 2.81 bits per heavy atom. The first-order chi connectivity index (χ1) is 15.4. The molecule has 3 heterocycles. The predicted octanol–water partition coefficient (Wildman–Crippen LogP) is 2.67. The molecular weight excluding hydrogens is 411 g/mol. The Balaban J connectivity index is 1.90. The maximum atomic E-state index is 14.4. The van der Waals surface area contributed by atoms with Crippen LogP contribution in [0.3, 0.4) is 0 Å². The number of aryl methyl sites for hydroxylation is 1. The summed E-state index contributed by atoms with van der Waals surface area (Å²) in [7, 11) is 1.52. The normalized spacial score (nSPS) is 15.6. The SMILES string of the molecule is COc1ncccc1-c1cc(F)ccc1[C@H]1Cc2nc(N)nc(C)c2C(=O)N1CCCN. The lowest BCUT2D eigenvalue weighted by Crippen LogP contribution is -2.42. The summed E-state index contributed by atoms with van der Waals surface area (Å²) < 4.78 is 19.8. The number of hydrogen-bond acceptors (Lipinski definition) is 7. The average molecular weight is 436 g/mol. The number of aromatic nitrogens is 3. The van der Waals surface area contributed by atoms with Gasteiger partial charge in [-0.2, -0.15) is 0 Å². The molecule has 1 atom stereocenters. The van der Waals surface area contributed by atoms with Gasteiger partial charge in [0.2, 0.25) is 11.8 Å². The Labute approximate surface area is 185 Å². The van der Waals surface area contributed by atoms with E-state index in [1.165, 1.54) is 19.2 Å². The summed E-state index contributed by atoms with van der Waals surface area (Å²) in [6.45, 7) is 2.64. The van der Waals surface area contributed by atoms with Crippen molar-refractivity contribution in [1.29, 1.82) is 0 Å². The molecule has 2 aromatic heterocycles. The van der Waals surface area contributed by atoms with Crippen LogP contribution in [-0.2, 0) is 6.42 Å². The highest BCUT2D eigenvalue weighted by Gasteiger charge is 2.37. The van der Waals surface area contributed by atoms with Crippen LogP contribution in [0.5, 0.6) is 5.88 Å². The lowest BCUT2D eigenvalue weighted by Gasteiger charge is -2.38. The summed E-state index contributed by atoms with van der Waals surface area (Å²) in [6, 6.07) is 7.72.